The molecule has 0 bridgehead atoms. The Hall–Kier alpha value is -7.68. The van der Waals surface area contributed by atoms with Gasteiger partial charge in [-0.15, -0.1) is 0 Å². The fraction of sp³-hybridized carbons (Fsp3) is 0. The fourth-order valence-corrected chi connectivity index (χ4v) is 8.62. The normalized spacial score (nSPS) is 11.4. The molecule has 0 radical (unpaired) electrons. The van der Waals surface area contributed by atoms with Gasteiger partial charge in [-0.1, -0.05) is 158 Å². The average molecular weight is 739 g/mol. The van der Waals surface area contributed by atoms with Crippen LogP contribution < -0.4 is 4.90 Å². The fourth-order valence-electron chi connectivity index (χ4n) is 8.62. The first kappa shape index (κ1) is 33.6. The molecular formula is C56H38N2. The van der Waals surface area contributed by atoms with Crippen molar-refractivity contribution < 1.29 is 0 Å². The van der Waals surface area contributed by atoms with E-state index in [1.165, 1.54) is 71.2 Å². The van der Waals surface area contributed by atoms with E-state index in [-0.39, 0.29) is 0 Å². The lowest BCUT2D eigenvalue weighted by Gasteiger charge is -2.26. The zero-order valence-electron chi connectivity index (χ0n) is 31.8. The van der Waals surface area contributed by atoms with E-state index in [4.69, 9.17) is 0 Å². The minimum absolute atomic E-state index is 1.10. The summed E-state index contributed by atoms with van der Waals surface area (Å²) in [6, 6.07) is 83.7. The number of benzene rings is 10. The van der Waals surface area contributed by atoms with Gasteiger partial charge >= 0.3 is 0 Å². The van der Waals surface area contributed by atoms with E-state index >= 15 is 0 Å². The molecule has 1 aromatic heterocycles. The van der Waals surface area contributed by atoms with Gasteiger partial charge in [-0.2, -0.15) is 0 Å². The number of para-hydroxylation sites is 2. The smallest absolute Gasteiger partial charge is 0.0541 e. The summed E-state index contributed by atoms with van der Waals surface area (Å²) in [7, 11) is 0. The van der Waals surface area contributed by atoms with E-state index in [1.807, 2.05) is 0 Å². The zero-order valence-corrected chi connectivity index (χ0v) is 31.8. The van der Waals surface area contributed by atoms with Crippen LogP contribution in [0, 0.1) is 0 Å². The predicted octanol–water partition coefficient (Wildman–Crippen LogP) is 15.6. The number of fused-ring (bicyclic) bond motifs is 5. The molecule has 0 saturated carbocycles. The molecule has 0 N–H and O–H groups in total. The summed E-state index contributed by atoms with van der Waals surface area (Å²) in [6.45, 7) is 0. The summed E-state index contributed by atoms with van der Waals surface area (Å²) in [5.41, 5.74) is 14.0. The number of aromatic nitrogens is 1. The van der Waals surface area contributed by atoms with Gasteiger partial charge in [-0.3, -0.25) is 0 Å². The molecule has 0 saturated heterocycles. The Bertz CT molecular complexity index is 3090. The van der Waals surface area contributed by atoms with Crippen molar-refractivity contribution in [2.75, 3.05) is 4.90 Å². The molecule has 1 heterocycles. The summed E-state index contributed by atoms with van der Waals surface area (Å²) < 4.78 is 2.37. The molecular weight excluding hydrogens is 701 g/mol. The number of nitrogens with zero attached hydrogens (tertiary/aromatic N) is 2. The van der Waals surface area contributed by atoms with Crippen molar-refractivity contribution in [2.45, 2.75) is 0 Å². The van der Waals surface area contributed by atoms with E-state index in [0.717, 1.165) is 28.3 Å². The molecule has 58 heavy (non-hydrogen) atoms. The SMILES string of the molecule is c1cc(-c2ccc(-n3c4ccccc4c4ccccc43)cc2)cc(N(c2ccc(-c3ccc4ccccc4c3)cc2)c2ccc(-c3ccc4ccccc4c3)cc2)c1. The molecule has 2 heteroatoms. The van der Waals surface area contributed by atoms with E-state index in [1.54, 1.807) is 0 Å². The summed E-state index contributed by atoms with van der Waals surface area (Å²) in [5.74, 6) is 0. The summed E-state index contributed by atoms with van der Waals surface area (Å²) in [6.07, 6.45) is 0. The molecule has 11 rings (SSSR count). The van der Waals surface area contributed by atoms with Crippen LogP contribution in [-0.2, 0) is 0 Å². The molecule has 0 unspecified atom stereocenters. The topological polar surface area (TPSA) is 8.17 Å². The molecule has 0 atom stereocenters. The van der Waals surface area contributed by atoms with Crippen LogP contribution in [0.15, 0.2) is 231 Å². The first-order chi connectivity index (χ1) is 28.7. The lowest BCUT2D eigenvalue weighted by Crippen LogP contribution is -2.10. The van der Waals surface area contributed by atoms with E-state index < -0.39 is 0 Å². The number of rotatable bonds is 7. The maximum Gasteiger partial charge on any atom is 0.0541 e. The minimum Gasteiger partial charge on any atom is -0.310 e. The molecule has 10 aromatic carbocycles. The van der Waals surface area contributed by atoms with Crippen LogP contribution >= 0.6 is 0 Å². The maximum atomic E-state index is 2.37. The molecule has 272 valence electrons. The van der Waals surface area contributed by atoms with Crippen molar-refractivity contribution in [3.05, 3.63) is 231 Å². The van der Waals surface area contributed by atoms with Crippen molar-refractivity contribution in [2.24, 2.45) is 0 Å². The quantitative estimate of drug-likeness (QED) is 0.158. The first-order valence-electron chi connectivity index (χ1n) is 19.9. The van der Waals surface area contributed by atoms with Crippen LogP contribution in [0.1, 0.15) is 0 Å². The van der Waals surface area contributed by atoms with Gasteiger partial charge < -0.3 is 9.47 Å². The van der Waals surface area contributed by atoms with Crippen molar-refractivity contribution in [1.82, 2.24) is 4.57 Å². The molecule has 0 aliphatic rings. The van der Waals surface area contributed by atoms with Crippen molar-refractivity contribution in [3.63, 3.8) is 0 Å². The molecule has 0 aliphatic heterocycles. The van der Waals surface area contributed by atoms with Crippen LogP contribution in [-0.4, -0.2) is 4.57 Å². The Morgan fingerprint density at radius 2 is 0.672 bits per heavy atom. The first-order valence-corrected chi connectivity index (χ1v) is 19.9. The highest BCUT2D eigenvalue weighted by molar-refractivity contribution is 6.09. The van der Waals surface area contributed by atoms with Gasteiger partial charge in [0.25, 0.3) is 0 Å². The minimum atomic E-state index is 1.10. The van der Waals surface area contributed by atoms with Crippen molar-refractivity contribution >= 4 is 60.4 Å². The highest BCUT2D eigenvalue weighted by Gasteiger charge is 2.16. The molecule has 0 aliphatic carbocycles. The number of hydrogen-bond donors (Lipinski definition) is 0. The Labute approximate surface area is 338 Å². The Kier molecular flexibility index (Phi) is 8.19. The van der Waals surface area contributed by atoms with Crippen LogP contribution in [0.25, 0.3) is 82.4 Å². The monoisotopic (exact) mass is 738 g/mol. The summed E-state index contributed by atoms with van der Waals surface area (Å²) in [5, 5.41) is 7.54. The van der Waals surface area contributed by atoms with Crippen molar-refractivity contribution in [3.8, 4) is 39.1 Å². The van der Waals surface area contributed by atoms with E-state index in [9.17, 15) is 0 Å². The van der Waals surface area contributed by atoms with Crippen LogP contribution in [0.3, 0.4) is 0 Å². The van der Waals surface area contributed by atoms with Gasteiger partial charge in [0.2, 0.25) is 0 Å². The Balaban J connectivity index is 0.970. The van der Waals surface area contributed by atoms with Crippen LogP contribution in [0.5, 0.6) is 0 Å². The Morgan fingerprint density at radius 1 is 0.259 bits per heavy atom. The second-order valence-corrected chi connectivity index (χ2v) is 15.0. The second-order valence-electron chi connectivity index (χ2n) is 15.0. The number of hydrogen-bond acceptors (Lipinski definition) is 1. The zero-order chi connectivity index (χ0) is 38.4. The third-order valence-electron chi connectivity index (χ3n) is 11.6. The molecule has 0 amide bonds. The van der Waals surface area contributed by atoms with Gasteiger partial charge in [0, 0.05) is 33.5 Å². The third kappa shape index (κ3) is 6.00. The lowest BCUT2D eigenvalue weighted by molar-refractivity contribution is 1.18. The average Bonchev–Trinajstić information content (AvgIpc) is 3.64. The van der Waals surface area contributed by atoms with Crippen LogP contribution in [0.2, 0.25) is 0 Å². The summed E-state index contributed by atoms with van der Waals surface area (Å²) in [4.78, 5) is 2.37. The van der Waals surface area contributed by atoms with E-state index in [2.05, 4.69) is 240 Å². The molecule has 0 spiro atoms. The van der Waals surface area contributed by atoms with Gasteiger partial charge in [-0.25, -0.2) is 0 Å². The standard InChI is InChI=1S/C56H38N2/c1-3-12-44-36-47(22-20-39(44)10-1)42-24-30-49(31-25-42)57(50-32-26-43(27-33-50)48-23-21-40-11-2-4-13-45(40)37-48)52-15-9-14-46(38-52)41-28-34-51(35-29-41)58-55-18-7-5-16-53(55)54-17-6-8-19-56(54)58/h1-38H. The molecule has 0 fully saturated rings. The molecule has 2 nitrogen and oxygen atoms in total. The lowest BCUT2D eigenvalue weighted by atomic mass is 10.00. The van der Waals surface area contributed by atoms with Gasteiger partial charge in [-0.05, 0) is 128 Å². The molecule has 11 aromatic rings. The van der Waals surface area contributed by atoms with E-state index in [0.29, 0.717) is 0 Å². The highest BCUT2D eigenvalue weighted by atomic mass is 15.1. The van der Waals surface area contributed by atoms with Crippen LogP contribution in [0.4, 0.5) is 17.1 Å². The largest absolute Gasteiger partial charge is 0.310 e. The highest BCUT2D eigenvalue weighted by Crippen LogP contribution is 2.39. The van der Waals surface area contributed by atoms with Crippen molar-refractivity contribution in [1.29, 1.82) is 0 Å². The second kappa shape index (κ2) is 14.1. The Morgan fingerprint density at radius 3 is 1.19 bits per heavy atom. The number of anilines is 3. The predicted molar refractivity (Wildman–Crippen MR) is 247 cm³/mol. The van der Waals surface area contributed by atoms with Gasteiger partial charge in [0.15, 0.2) is 0 Å². The maximum absolute atomic E-state index is 2.37. The van der Waals surface area contributed by atoms with Gasteiger partial charge in [0.1, 0.15) is 0 Å². The summed E-state index contributed by atoms with van der Waals surface area (Å²) >= 11 is 0. The van der Waals surface area contributed by atoms with Gasteiger partial charge in [0.05, 0.1) is 11.0 Å². The third-order valence-corrected chi connectivity index (χ3v) is 11.6.